The zero-order valence-electron chi connectivity index (χ0n) is 16.4. The van der Waals surface area contributed by atoms with Crippen LogP contribution in [-0.2, 0) is 5.54 Å². The van der Waals surface area contributed by atoms with Gasteiger partial charge in [0.2, 0.25) is 0 Å². The molecule has 5 rings (SSSR count). The Labute approximate surface area is 184 Å². The fraction of sp³-hybridized carbons (Fsp3) is 0.348. The summed E-state index contributed by atoms with van der Waals surface area (Å²) in [6, 6.07) is 14.6. The van der Waals surface area contributed by atoms with Crippen molar-refractivity contribution in [2.45, 2.75) is 36.9 Å². The van der Waals surface area contributed by atoms with Gasteiger partial charge in [-0.1, -0.05) is 41.9 Å². The number of halogens is 2. The molecule has 2 atom stereocenters. The molecule has 1 aromatic heterocycles. The Bertz CT molecular complexity index is 1050. The normalized spacial score (nSPS) is 21.5. The number of anilines is 1. The average Bonchev–Trinajstić information content (AvgIpc) is 3.16. The second-order valence-corrected chi connectivity index (χ2v) is 9.62. The summed E-state index contributed by atoms with van der Waals surface area (Å²) in [6.07, 6.45) is 4.25. The quantitative estimate of drug-likeness (QED) is 0.550. The summed E-state index contributed by atoms with van der Waals surface area (Å²) in [5.74, 6) is -0.216. The molecule has 7 heteroatoms. The van der Waals surface area contributed by atoms with E-state index in [0.29, 0.717) is 11.6 Å². The standard InChI is InChI=1S/C23H23ClFN3OS/c24-19-7-2-1-6-18(19)21(28-11-8-17(29)14-28)20-13-26-22(30-20)27-23(9-10-23)15-4-3-5-16(25)12-15/h1-7,12-13,17,21,29H,8-11,14H2,(H,26,27)/t17-,21?/m1/s1. The van der Waals surface area contributed by atoms with E-state index < -0.39 is 0 Å². The van der Waals surface area contributed by atoms with Crippen LogP contribution in [0.1, 0.15) is 41.3 Å². The fourth-order valence-corrected chi connectivity index (χ4v) is 5.61. The number of hydrogen-bond acceptors (Lipinski definition) is 5. The fourth-order valence-electron chi connectivity index (χ4n) is 4.30. The van der Waals surface area contributed by atoms with Crippen LogP contribution in [0.15, 0.2) is 54.7 Å². The highest BCUT2D eigenvalue weighted by molar-refractivity contribution is 7.15. The summed E-state index contributed by atoms with van der Waals surface area (Å²) in [7, 11) is 0. The van der Waals surface area contributed by atoms with Crippen molar-refractivity contribution in [3.05, 3.63) is 81.6 Å². The van der Waals surface area contributed by atoms with Gasteiger partial charge in [0.1, 0.15) is 5.82 Å². The Hall–Kier alpha value is -1.99. The average molecular weight is 444 g/mol. The zero-order valence-corrected chi connectivity index (χ0v) is 18.0. The molecule has 1 saturated heterocycles. The van der Waals surface area contributed by atoms with Crippen molar-refractivity contribution < 1.29 is 9.50 Å². The molecular formula is C23H23ClFN3OS. The van der Waals surface area contributed by atoms with Crippen molar-refractivity contribution in [3.63, 3.8) is 0 Å². The molecule has 0 radical (unpaired) electrons. The third-order valence-corrected chi connectivity index (χ3v) is 7.34. The first kappa shape index (κ1) is 19.9. The van der Waals surface area contributed by atoms with Gasteiger partial charge in [0, 0.05) is 29.2 Å². The lowest BCUT2D eigenvalue weighted by Crippen LogP contribution is -2.28. The molecule has 156 valence electrons. The highest BCUT2D eigenvalue weighted by Gasteiger charge is 2.45. The van der Waals surface area contributed by atoms with Crippen molar-refractivity contribution in [3.8, 4) is 0 Å². The van der Waals surface area contributed by atoms with Gasteiger partial charge in [-0.05, 0) is 48.6 Å². The number of nitrogens with one attached hydrogen (secondary N) is 1. The lowest BCUT2D eigenvalue weighted by molar-refractivity contribution is 0.167. The van der Waals surface area contributed by atoms with Crippen LogP contribution in [0.3, 0.4) is 0 Å². The van der Waals surface area contributed by atoms with Crippen molar-refractivity contribution in [1.82, 2.24) is 9.88 Å². The van der Waals surface area contributed by atoms with Crippen LogP contribution < -0.4 is 5.32 Å². The van der Waals surface area contributed by atoms with Gasteiger partial charge < -0.3 is 10.4 Å². The molecule has 1 saturated carbocycles. The van der Waals surface area contributed by atoms with Crippen molar-refractivity contribution in [1.29, 1.82) is 0 Å². The Kier molecular flexibility index (Phi) is 5.27. The molecule has 2 fully saturated rings. The van der Waals surface area contributed by atoms with Crippen LogP contribution in [0.5, 0.6) is 0 Å². The van der Waals surface area contributed by atoms with Crippen molar-refractivity contribution in [2.24, 2.45) is 0 Å². The van der Waals surface area contributed by atoms with Gasteiger partial charge in [-0.25, -0.2) is 9.37 Å². The first-order valence-electron chi connectivity index (χ1n) is 10.2. The highest BCUT2D eigenvalue weighted by Crippen LogP contribution is 2.49. The van der Waals surface area contributed by atoms with E-state index in [1.165, 1.54) is 6.07 Å². The largest absolute Gasteiger partial charge is 0.392 e. The number of aliphatic hydroxyl groups is 1. The number of benzene rings is 2. The molecule has 2 aliphatic rings. The second-order valence-electron chi connectivity index (χ2n) is 8.15. The lowest BCUT2D eigenvalue weighted by atomic mass is 10.0. The number of hydrogen-bond donors (Lipinski definition) is 2. The Morgan fingerprint density at radius 3 is 2.77 bits per heavy atom. The molecule has 2 aromatic carbocycles. The second kappa shape index (κ2) is 7.93. The van der Waals surface area contributed by atoms with Gasteiger partial charge in [0.05, 0.1) is 17.7 Å². The van der Waals surface area contributed by atoms with Crippen LogP contribution in [0.4, 0.5) is 9.52 Å². The number of aliphatic hydroxyl groups excluding tert-OH is 1. The van der Waals surface area contributed by atoms with Gasteiger partial charge in [-0.3, -0.25) is 4.90 Å². The van der Waals surface area contributed by atoms with Gasteiger partial charge in [-0.2, -0.15) is 0 Å². The predicted octanol–water partition coefficient (Wildman–Crippen LogP) is 5.19. The maximum atomic E-state index is 13.7. The van der Waals surface area contributed by atoms with Crippen LogP contribution in [-0.4, -0.2) is 34.2 Å². The van der Waals surface area contributed by atoms with Crippen molar-refractivity contribution >= 4 is 28.1 Å². The van der Waals surface area contributed by atoms with Gasteiger partial charge >= 0.3 is 0 Å². The highest BCUT2D eigenvalue weighted by atomic mass is 35.5. The maximum absolute atomic E-state index is 13.7. The Morgan fingerprint density at radius 2 is 2.07 bits per heavy atom. The van der Waals surface area contributed by atoms with E-state index in [9.17, 15) is 9.50 Å². The Morgan fingerprint density at radius 1 is 1.23 bits per heavy atom. The summed E-state index contributed by atoms with van der Waals surface area (Å²) in [6.45, 7) is 1.43. The van der Waals surface area contributed by atoms with E-state index >= 15 is 0 Å². The van der Waals surface area contributed by atoms with Crippen molar-refractivity contribution in [2.75, 3.05) is 18.4 Å². The predicted molar refractivity (Wildman–Crippen MR) is 119 cm³/mol. The summed E-state index contributed by atoms with van der Waals surface area (Å²) in [4.78, 5) is 7.98. The van der Waals surface area contributed by atoms with E-state index in [4.69, 9.17) is 11.6 Å². The number of thiazole rings is 1. The molecule has 30 heavy (non-hydrogen) atoms. The van der Waals surface area contributed by atoms with Crippen LogP contribution in [0.25, 0.3) is 0 Å². The molecule has 2 N–H and O–H groups in total. The molecule has 0 spiro atoms. The van der Waals surface area contributed by atoms with Gasteiger partial charge in [0.25, 0.3) is 0 Å². The molecule has 0 amide bonds. The molecule has 2 heterocycles. The number of nitrogens with zero attached hydrogens (tertiary/aromatic N) is 2. The minimum absolute atomic E-state index is 0.0479. The number of rotatable bonds is 6. The topological polar surface area (TPSA) is 48.4 Å². The summed E-state index contributed by atoms with van der Waals surface area (Å²) in [5.41, 5.74) is 1.75. The van der Waals surface area contributed by atoms with Gasteiger partial charge in [0.15, 0.2) is 5.13 Å². The molecule has 4 nitrogen and oxygen atoms in total. The summed E-state index contributed by atoms with van der Waals surface area (Å²) in [5, 5.41) is 15.2. The minimum Gasteiger partial charge on any atom is -0.392 e. The van der Waals surface area contributed by atoms with Crippen LogP contribution in [0, 0.1) is 5.82 Å². The number of aromatic nitrogens is 1. The van der Waals surface area contributed by atoms with E-state index in [1.807, 2.05) is 36.5 Å². The Balaban J connectivity index is 1.44. The molecule has 3 aromatic rings. The molecular weight excluding hydrogens is 421 g/mol. The molecule has 1 unspecified atom stereocenters. The summed E-state index contributed by atoms with van der Waals surface area (Å²) < 4.78 is 13.7. The third kappa shape index (κ3) is 3.85. The molecule has 0 bridgehead atoms. The van der Waals surface area contributed by atoms with E-state index in [0.717, 1.165) is 46.9 Å². The third-order valence-electron chi connectivity index (χ3n) is 6.03. The van der Waals surface area contributed by atoms with E-state index in [-0.39, 0.29) is 23.5 Å². The van der Waals surface area contributed by atoms with Gasteiger partial charge in [-0.15, -0.1) is 11.3 Å². The first-order chi connectivity index (χ1) is 14.5. The van der Waals surface area contributed by atoms with Crippen LogP contribution >= 0.6 is 22.9 Å². The zero-order chi connectivity index (χ0) is 20.7. The lowest BCUT2D eigenvalue weighted by Gasteiger charge is -2.27. The van der Waals surface area contributed by atoms with Crippen LogP contribution in [0.2, 0.25) is 5.02 Å². The first-order valence-corrected chi connectivity index (χ1v) is 11.4. The summed E-state index contributed by atoms with van der Waals surface area (Å²) >= 11 is 8.15. The number of likely N-dealkylation sites (tertiary alicyclic amines) is 1. The monoisotopic (exact) mass is 443 g/mol. The molecule has 1 aliphatic carbocycles. The minimum atomic E-state index is -0.316. The van der Waals surface area contributed by atoms with E-state index in [1.54, 1.807) is 23.5 Å². The smallest absolute Gasteiger partial charge is 0.183 e. The maximum Gasteiger partial charge on any atom is 0.183 e. The number of β-amino-alcohol motifs (C(OH)–C–C–N with tert-alkyl or cyclic N) is 1. The van der Waals surface area contributed by atoms with E-state index in [2.05, 4.69) is 15.2 Å². The molecule has 1 aliphatic heterocycles. The SMILES string of the molecule is O[C@@H]1CCN(C(c2cnc(NC3(c4cccc(F)c4)CC3)s2)c2ccccc2Cl)C1.